The first-order chi connectivity index (χ1) is 17.0. The lowest BCUT2D eigenvalue weighted by Crippen LogP contribution is -2.52. The van der Waals surface area contributed by atoms with Gasteiger partial charge in [-0.2, -0.15) is 13.2 Å². The number of anilines is 1. The monoisotopic (exact) mass is 565 g/mol. The molecule has 0 aliphatic rings. The van der Waals surface area contributed by atoms with Crippen LogP contribution in [-0.4, -0.2) is 50.0 Å². The van der Waals surface area contributed by atoms with Gasteiger partial charge < -0.3 is 10.2 Å². The summed E-state index contributed by atoms with van der Waals surface area (Å²) in [5, 5.41) is 2.11. The molecular formula is C24H28ClF4N3O4S. The molecule has 0 aliphatic carbocycles. The van der Waals surface area contributed by atoms with E-state index in [2.05, 4.69) is 5.32 Å². The molecule has 2 aromatic rings. The molecule has 2 atom stereocenters. The van der Waals surface area contributed by atoms with Crippen molar-refractivity contribution in [3.8, 4) is 0 Å². The van der Waals surface area contributed by atoms with Crippen LogP contribution in [0.1, 0.15) is 38.3 Å². The fourth-order valence-corrected chi connectivity index (χ4v) is 4.40. The van der Waals surface area contributed by atoms with Gasteiger partial charge in [0.25, 0.3) is 0 Å². The molecular weight excluding hydrogens is 538 g/mol. The van der Waals surface area contributed by atoms with Crippen LogP contribution in [0.5, 0.6) is 0 Å². The highest BCUT2D eigenvalue weighted by atomic mass is 35.5. The summed E-state index contributed by atoms with van der Waals surface area (Å²) in [5.74, 6) is -1.89. The predicted octanol–water partition coefficient (Wildman–Crippen LogP) is 4.60. The van der Waals surface area contributed by atoms with E-state index >= 15 is 0 Å². The number of carbonyl (C=O) groups excluding carboxylic acids is 2. The molecule has 0 heterocycles. The number of carbonyl (C=O) groups is 2. The van der Waals surface area contributed by atoms with Crippen LogP contribution in [0.3, 0.4) is 0 Å². The Morgan fingerprint density at radius 3 is 2.19 bits per heavy atom. The highest BCUT2D eigenvalue weighted by Gasteiger charge is 2.35. The van der Waals surface area contributed by atoms with E-state index in [1.807, 2.05) is 6.92 Å². The number of rotatable bonds is 10. The minimum absolute atomic E-state index is 0.180. The molecule has 0 saturated carbocycles. The Hall–Kier alpha value is -2.86. The second-order valence-corrected chi connectivity index (χ2v) is 10.9. The molecule has 1 N–H and O–H groups in total. The number of nitrogens with zero attached hydrogens (tertiary/aromatic N) is 2. The van der Waals surface area contributed by atoms with Crippen molar-refractivity contribution in [1.82, 2.24) is 10.2 Å². The van der Waals surface area contributed by atoms with E-state index < -0.39 is 62.7 Å². The van der Waals surface area contributed by atoms with Crippen molar-refractivity contribution < 1.29 is 35.6 Å². The molecule has 0 bridgehead atoms. The third-order valence-electron chi connectivity index (χ3n) is 5.66. The van der Waals surface area contributed by atoms with Gasteiger partial charge in [-0.3, -0.25) is 13.9 Å². The Labute approximate surface area is 218 Å². The van der Waals surface area contributed by atoms with Crippen molar-refractivity contribution in [1.29, 1.82) is 0 Å². The van der Waals surface area contributed by atoms with Crippen LogP contribution >= 0.6 is 11.6 Å². The zero-order chi connectivity index (χ0) is 28.1. The molecule has 2 amide bonds. The van der Waals surface area contributed by atoms with Gasteiger partial charge in [0, 0.05) is 12.6 Å². The molecule has 0 radical (unpaired) electrons. The van der Waals surface area contributed by atoms with Crippen molar-refractivity contribution in [2.45, 2.75) is 52.0 Å². The summed E-state index contributed by atoms with van der Waals surface area (Å²) < 4.78 is 79.1. The second-order valence-electron chi connectivity index (χ2n) is 8.57. The normalized spacial score (nSPS) is 13.5. The van der Waals surface area contributed by atoms with Crippen LogP contribution in [-0.2, 0) is 32.3 Å². The van der Waals surface area contributed by atoms with E-state index in [1.54, 1.807) is 6.92 Å². The zero-order valence-corrected chi connectivity index (χ0v) is 22.2. The molecule has 2 aromatic carbocycles. The Kier molecular flexibility index (Phi) is 9.95. The number of benzene rings is 2. The minimum atomic E-state index is -4.86. The fourth-order valence-electron chi connectivity index (χ4n) is 3.33. The predicted molar refractivity (Wildman–Crippen MR) is 133 cm³/mol. The summed E-state index contributed by atoms with van der Waals surface area (Å²) in [6.07, 6.45) is -3.51. The second kappa shape index (κ2) is 12.1. The number of sulfonamides is 1. The lowest BCUT2D eigenvalue weighted by Gasteiger charge is -2.32. The van der Waals surface area contributed by atoms with Crippen molar-refractivity contribution in [2.75, 3.05) is 17.1 Å². The standard InChI is InChI=1S/C24H28ClF4N3O4S/c1-5-15(2)30-23(34)16(3)31(13-17-6-8-18(26)9-7-17)22(33)14-32(37(4,35)36)19-10-11-21(25)20(12-19)24(27,28)29/h6-12,15-16H,5,13-14H2,1-4H3,(H,30,34)/t15-,16-/m0/s1. The van der Waals surface area contributed by atoms with Crippen LogP contribution in [0, 0.1) is 5.82 Å². The zero-order valence-electron chi connectivity index (χ0n) is 20.6. The summed E-state index contributed by atoms with van der Waals surface area (Å²) in [5.41, 5.74) is -1.24. The maximum atomic E-state index is 13.4. The van der Waals surface area contributed by atoms with Gasteiger partial charge >= 0.3 is 6.18 Å². The lowest BCUT2D eigenvalue weighted by molar-refractivity contribution is -0.139. The first kappa shape index (κ1) is 30.4. The van der Waals surface area contributed by atoms with Gasteiger partial charge in [-0.05, 0) is 56.2 Å². The number of hydrogen-bond donors (Lipinski definition) is 1. The minimum Gasteiger partial charge on any atom is -0.352 e. The van der Waals surface area contributed by atoms with Crippen molar-refractivity contribution >= 4 is 39.1 Å². The number of halogens is 5. The molecule has 13 heteroatoms. The first-order valence-electron chi connectivity index (χ1n) is 11.2. The van der Waals surface area contributed by atoms with Crippen molar-refractivity contribution in [2.24, 2.45) is 0 Å². The average Bonchev–Trinajstić information content (AvgIpc) is 2.80. The summed E-state index contributed by atoms with van der Waals surface area (Å²) >= 11 is 5.65. The van der Waals surface area contributed by atoms with Crippen molar-refractivity contribution in [3.63, 3.8) is 0 Å². The maximum absolute atomic E-state index is 13.4. The van der Waals surface area contributed by atoms with Crippen LogP contribution in [0.15, 0.2) is 42.5 Å². The Balaban J connectivity index is 2.47. The van der Waals surface area contributed by atoms with Crippen LogP contribution in [0.2, 0.25) is 5.02 Å². The molecule has 0 saturated heterocycles. The molecule has 2 rings (SSSR count). The average molecular weight is 566 g/mol. The molecule has 0 spiro atoms. The molecule has 0 unspecified atom stereocenters. The van der Waals surface area contributed by atoms with Gasteiger partial charge in [0.1, 0.15) is 18.4 Å². The number of amides is 2. The number of alkyl halides is 3. The number of nitrogens with one attached hydrogen (secondary N) is 1. The Morgan fingerprint density at radius 1 is 1.08 bits per heavy atom. The van der Waals surface area contributed by atoms with Gasteiger partial charge in [0.15, 0.2) is 0 Å². The molecule has 37 heavy (non-hydrogen) atoms. The summed E-state index contributed by atoms with van der Waals surface area (Å²) in [7, 11) is -4.24. The Bertz CT molecular complexity index is 1220. The summed E-state index contributed by atoms with van der Waals surface area (Å²) in [6, 6.07) is 6.32. The quantitative estimate of drug-likeness (QED) is 0.427. The lowest BCUT2D eigenvalue weighted by atomic mass is 10.1. The number of hydrogen-bond acceptors (Lipinski definition) is 4. The van der Waals surface area contributed by atoms with Gasteiger partial charge in [-0.15, -0.1) is 0 Å². The Morgan fingerprint density at radius 2 is 1.68 bits per heavy atom. The van der Waals surface area contributed by atoms with E-state index in [1.165, 1.54) is 19.1 Å². The van der Waals surface area contributed by atoms with Gasteiger partial charge in [0.2, 0.25) is 21.8 Å². The highest BCUT2D eigenvalue weighted by Crippen LogP contribution is 2.37. The summed E-state index contributed by atoms with van der Waals surface area (Å²) in [6.45, 7) is 3.98. The van der Waals surface area contributed by atoms with Gasteiger partial charge in [-0.1, -0.05) is 30.7 Å². The molecule has 0 aromatic heterocycles. The van der Waals surface area contributed by atoms with Crippen LogP contribution in [0.4, 0.5) is 23.2 Å². The summed E-state index contributed by atoms with van der Waals surface area (Å²) in [4.78, 5) is 27.3. The van der Waals surface area contributed by atoms with E-state index in [0.29, 0.717) is 22.4 Å². The molecule has 0 aliphatic heterocycles. The smallest absolute Gasteiger partial charge is 0.352 e. The van der Waals surface area contributed by atoms with Crippen LogP contribution in [0.25, 0.3) is 0 Å². The van der Waals surface area contributed by atoms with E-state index in [0.717, 1.165) is 35.4 Å². The highest BCUT2D eigenvalue weighted by molar-refractivity contribution is 7.92. The molecule has 204 valence electrons. The third-order valence-corrected chi connectivity index (χ3v) is 7.13. The van der Waals surface area contributed by atoms with E-state index in [4.69, 9.17) is 11.6 Å². The maximum Gasteiger partial charge on any atom is 0.417 e. The SMILES string of the molecule is CC[C@H](C)NC(=O)[C@H](C)N(Cc1ccc(F)cc1)C(=O)CN(c1ccc(Cl)c(C(F)(F)F)c1)S(C)(=O)=O. The van der Waals surface area contributed by atoms with Crippen molar-refractivity contribution in [3.05, 3.63) is 64.4 Å². The third kappa shape index (κ3) is 8.32. The van der Waals surface area contributed by atoms with E-state index in [9.17, 15) is 35.6 Å². The van der Waals surface area contributed by atoms with Crippen LogP contribution < -0.4 is 9.62 Å². The largest absolute Gasteiger partial charge is 0.417 e. The van der Waals surface area contributed by atoms with Gasteiger partial charge in [0.05, 0.1) is 22.5 Å². The topological polar surface area (TPSA) is 86.8 Å². The fraction of sp³-hybridized carbons (Fsp3) is 0.417. The molecule has 7 nitrogen and oxygen atoms in total. The van der Waals surface area contributed by atoms with E-state index in [-0.39, 0.29) is 12.6 Å². The molecule has 0 fully saturated rings. The first-order valence-corrected chi connectivity index (χ1v) is 13.5. The van der Waals surface area contributed by atoms with Gasteiger partial charge in [-0.25, -0.2) is 12.8 Å².